The van der Waals surface area contributed by atoms with Gasteiger partial charge in [-0.25, -0.2) is 0 Å². The highest BCUT2D eigenvalue weighted by Crippen LogP contribution is 2.24. The standard InChI is InChI=1S/C20H27ClN2O2S/c1-4-23(5-2)19(15-7-6-8-17(11-15)25-3)13-22-20(24)10-9-18-12-16(21)14-26-18/h6-8,11-12,14,19H,4-5,9-10,13H2,1-3H3,(H,22,24). The Morgan fingerprint density at radius 2 is 2.08 bits per heavy atom. The van der Waals surface area contributed by atoms with Gasteiger partial charge < -0.3 is 10.1 Å². The Kier molecular flexibility index (Phi) is 8.42. The number of nitrogens with zero attached hydrogens (tertiary/aromatic N) is 1. The number of amides is 1. The van der Waals surface area contributed by atoms with E-state index in [4.69, 9.17) is 16.3 Å². The molecule has 0 saturated heterocycles. The lowest BCUT2D eigenvalue weighted by Gasteiger charge is -2.30. The molecule has 142 valence electrons. The van der Waals surface area contributed by atoms with Crippen LogP contribution in [0.25, 0.3) is 0 Å². The number of thiophene rings is 1. The van der Waals surface area contributed by atoms with Gasteiger partial charge in [-0.2, -0.15) is 0 Å². The average molecular weight is 395 g/mol. The number of halogens is 1. The molecule has 0 fully saturated rings. The Bertz CT molecular complexity index is 701. The topological polar surface area (TPSA) is 41.6 Å². The van der Waals surface area contributed by atoms with Crippen molar-refractivity contribution < 1.29 is 9.53 Å². The molecule has 2 aromatic rings. The Labute approximate surface area is 165 Å². The van der Waals surface area contributed by atoms with Gasteiger partial charge in [0.15, 0.2) is 0 Å². The molecule has 0 radical (unpaired) electrons. The zero-order chi connectivity index (χ0) is 18.9. The predicted octanol–water partition coefficient (Wildman–Crippen LogP) is 4.54. The van der Waals surface area contributed by atoms with Gasteiger partial charge in [-0.05, 0) is 43.3 Å². The third-order valence-electron chi connectivity index (χ3n) is 4.44. The summed E-state index contributed by atoms with van der Waals surface area (Å²) < 4.78 is 5.35. The van der Waals surface area contributed by atoms with Crippen molar-refractivity contribution in [1.82, 2.24) is 10.2 Å². The largest absolute Gasteiger partial charge is 0.497 e. The van der Waals surface area contributed by atoms with E-state index >= 15 is 0 Å². The van der Waals surface area contributed by atoms with E-state index in [1.165, 1.54) is 0 Å². The summed E-state index contributed by atoms with van der Waals surface area (Å²) >= 11 is 7.53. The van der Waals surface area contributed by atoms with Gasteiger partial charge in [-0.15, -0.1) is 11.3 Å². The predicted molar refractivity (Wildman–Crippen MR) is 109 cm³/mol. The van der Waals surface area contributed by atoms with Crippen molar-refractivity contribution in [3.05, 3.63) is 51.2 Å². The van der Waals surface area contributed by atoms with Crippen LogP contribution in [0.3, 0.4) is 0 Å². The molecule has 1 aromatic carbocycles. The summed E-state index contributed by atoms with van der Waals surface area (Å²) in [5.41, 5.74) is 1.15. The van der Waals surface area contributed by atoms with Crippen LogP contribution >= 0.6 is 22.9 Å². The Hall–Kier alpha value is -1.56. The lowest BCUT2D eigenvalue weighted by molar-refractivity contribution is -0.121. The quantitative estimate of drug-likeness (QED) is 0.643. The Morgan fingerprint density at radius 3 is 2.69 bits per heavy atom. The number of rotatable bonds is 10. The van der Waals surface area contributed by atoms with Crippen molar-refractivity contribution in [2.45, 2.75) is 32.7 Å². The number of ether oxygens (including phenoxy) is 1. The maximum absolute atomic E-state index is 12.3. The first kappa shape index (κ1) is 20.7. The third-order valence-corrected chi connectivity index (χ3v) is 5.79. The van der Waals surface area contributed by atoms with Crippen LogP contribution in [0.2, 0.25) is 5.02 Å². The number of carbonyl (C=O) groups excluding carboxylic acids is 1. The minimum Gasteiger partial charge on any atom is -0.497 e. The van der Waals surface area contributed by atoms with Crippen LogP contribution in [-0.2, 0) is 11.2 Å². The molecule has 1 aromatic heterocycles. The maximum Gasteiger partial charge on any atom is 0.220 e. The zero-order valence-electron chi connectivity index (χ0n) is 15.6. The second-order valence-corrected chi connectivity index (χ2v) is 7.48. The summed E-state index contributed by atoms with van der Waals surface area (Å²) in [6, 6.07) is 10.1. The first-order valence-electron chi connectivity index (χ1n) is 8.95. The highest BCUT2D eigenvalue weighted by atomic mass is 35.5. The number of likely N-dealkylation sites (N-methyl/N-ethyl adjacent to an activating group) is 1. The van der Waals surface area contributed by atoms with Crippen molar-refractivity contribution in [1.29, 1.82) is 0 Å². The number of nitrogens with one attached hydrogen (secondary N) is 1. The molecular weight excluding hydrogens is 368 g/mol. The molecule has 1 atom stereocenters. The lowest BCUT2D eigenvalue weighted by Crippen LogP contribution is -2.38. The minimum absolute atomic E-state index is 0.0644. The molecule has 1 unspecified atom stereocenters. The van der Waals surface area contributed by atoms with E-state index < -0.39 is 0 Å². The Balaban J connectivity index is 1.98. The first-order valence-corrected chi connectivity index (χ1v) is 10.2. The zero-order valence-corrected chi connectivity index (χ0v) is 17.2. The fourth-order valence-electron chi connectivity index (χ4n) is 2.99. The van der Waals surface area contributed by atoms with Crippen LogP contribution in [0.15, 0.2) is 35.7 Å². The van der Waals surface area contributed by atoms with E-state index in [2.05, 4.69) is 30.1 Å². The van der Waals surface area contributed by atoms with E-state index in [9.17, 15) is 4.79 Å². The fourth-order valence-corrected chi connectivity index (χ4v) is 4.07. The molecule has 4 nitrogen and oxygen atoms in total. The van der Waals surface area contributed by atoms with Gasteiger partial charge in [0, 0.05) is 23.2 Å². The summed E-state index contributed by atoms with van der Waals surface area (Å²) in [5, 5.41) is 5.73. The summed E-state index contributed by atoms with van der Waals surface area (Å²) in [4.78, 5) is 15.8. The summed E-state index contributed by atoms with van der Waals surface area (Å²) in [6.07, 6.45) is 1.19. The van der Waals surface area contributed by atoms with Crippen LogP contribution in [0.4, 0.5) is 0 Å². The SMILES string of the molecule is CCN(CC)C(CNC(=O)CCc1cc(Cl)cs1)c1cccc(OC)c1. The van der Waals surface area contributed by atoms with Crippen molar-refractivity contribution >= 4 is 28.8 Å². The first-order chi connectivity index (χ1) is 12.6. The second kappa shape index (κ2) is 10.6. The van der Waals surface area contributed by atoms with E-state index in [1.54, 1.807) is 18.4 Å². The highest BCUT2D eigenvalue weighted by Gasteiger charge is 2.19. The van der Waals surface area contributed by atoms with Gasteiger partial charge >= 0.3 is 0 Å². The molecule has 0 spiro atoms. The summed E-state index contributed by atoms with van der Waals surface area (Å²) in [7, 11) is 1.67. The maximum atomic E-state index is 12.3. The fraction of sp³-hybridized carbons (Fsp3) is 0.450. The molecule has 0 bridgehead atoms. The molecule has 1 N–H and O–H groups in total. The van der Waals surface area contributed by atoms with Crippen LogP contribution in [0.5, 0.6) is 5.75 Å². The van der Waals surface area contributed by atoms with E-state index in [1.807, 2.05) is 29.6 Å². The van der Waals surface area contributed by atoms with Gasteiger partial charge in [-0.3, -0.25) is 9.69 Å². The molecule has 1 amide bonds. The van der Waals surface area contributed by atoms with Gasteiger partial charge in [0.1, 0.15) is 5.75 Å². The highest BCUT2D eigenvalue weighted by molar-refractivity contribution is 7.10. The average Bonchev–Trinajstić information content (AvgIpc) is 3.08. The molecule has 0 aliphatic heterocycles. The molecule has 1 heterocycles. The lowest BCUT2D eigenvalue weighted by atomic mass is 10.0. The van der Waals surface area contributed by atoms with E-state index in [0.717, 1.165) is 40.7 Å². The third kappa shape index (κ3) is 6.01. The molecule has 0 saturated carbocycles. The number of aryl methyl sites for hydroxylation is 1. The molecule has 0 aliphatic carbocycles. The van der Waals surface area contributed by atoms with Gasteiger partial charge in [0.05, 0.1) is 18.2 Å². The van der Waals surface area contributed by atoms with Crippen LogP contribution < -0.4 is 10.1 Å². The number of methoxy groups -OCH3 is 1. The van der Waals surface area contributed by atoms with Crippen LogP contribution in [-0.4, -0.2) is 37.6 Å². The number of carbonyl (C=O) groups is 1. The van der Waals surface area contributed by atoms with Crippen molar-refractivity contribution in [3.63, 3.8) is 0 Å². The van der Waals surface area contributed by atoms with Crippen LogP contribution in [0, 0.1) is 0 Å². The van der Waals surface area contributed by atoms with Crippen molar-refractivity contribution in [2.24, 2.45) is 0 Å². The monoisotopic (exact) mass is 394 g/mol. The smallest absolute Gasteiger partial charge is 0.220 e. The molecule has 26 heavy (non-hydrogen) atoms. The molecular formula is C20H27ClN2O2S. The van der Waals surface area contributed by atoms with Crippen LogP contribution in [0.1, 0.15) is 36.8 Å². The normalized spacial score (nSPS) is 12.2. The minimum atomic E-state index is 0.0644. The van der Waals surface area contributed by atoms with Crippen molar-refractivity contribution in [3.8, 4) is 5.75 Å². The number of benzene rings is 1. The molecule has 6 heteroatoms. The van der Waals surface area contributed by atoms with Gasteiger partial charge in [0.2, 0.25) is 5.91 Å². The summed E-state index contributed by atoms with van der Waals surface area (Å²) in [5.74, 6) is 0.898. The van der Waals surface area contributed by atoms with Gasteiger partial charge in [-0.1, -0.05) is 37.6 Å². The molecule has 2 rings (SSSR count). The Morgan fingerprint density at radius 1 is 1.31 bits per heavy atom. The van der Waals surface area contributed by atoms with E-state index in [0.29, 0.717) is 13.0 Å². The summed E-state index contributed by atoms with van der Waals surface area (Å²) in [6.45, 7) is 6.70. The van der Waals surface area contributed by atoms with Gasteiger partial charge in [0.25, 0.3) is 0 Å². The number of hydrogen-bond acceptors (Lipinski definition) is 4. The number of hydrogen-bond donors (Lipinski definition) is 1. The van der Waals surface area contributed by atoms with Crippen molar-refractivity contribution in [2.75, 3.05) is 26.7 Å². The molecule has 0 aliphatic rings. The van der Waals surface area contributed by atoms with E-state index in [-0.39, 0.29) is 11.9 Å². The second-order valence-electron chi connectivity index (χ2n) is 6.05.